The second-order valence-corrected chi connectivity index (χ2v) is 5.67. The highest BCUT2D eigenvalue weighted by Crippen LogP contribution is 2.36. The van der Waals surface area contributed by atoms with Crippen LogP contribution in [0.1, 0.15) is 25.6 Å². The summed E-state index contributed by atoms with van der Waals surface area (Å²) in [6, 6.07) is 0.931. The molecular weight excluding hydrogens is 294 g/mol. The molecule has 22 heavy (non-hydrogen) atoms. The molecule has 0 bridgehead atoms. The molecule has 2 aromatic carbocycles. The zero-order valence-corrected chi connectivity index (χ0v) is 12.8. The number of nitrogens with one attached hydrogen (secondary N) is 1. The van der Waals surface area contributed by atoms with Gasteiger partial charge < -0.3 is 15.2 Å². The monoisotopic (exact) mass is 319 g/mol. The Hall–Kier alpha value is -2.04. The van der Waals surface area contributed by atoms with Gasteiger partial charge >= 0.3 is 0 Å². The van der Waals surface area contributed by atoms with Gasteiger partial charge in [0.2, 0.25) is 0 Å². The third kappa shape index (κ3) is 3.08. The van der Waals surface area contributed by atoms with E-state index < -0.39 is 48.1 Å². The van der Waals surface area contributed by atoms with Crippen molar-refractivity contribution < 1.29 is 18.1 Å². The van der Waals surface area contributed by atoms with Crippen LogP contribution < -0.4 is 10.1 Å². The summed E-state index contributed by atoms with van der Waals surface area (Å²) in [5.74, 6) is -0.776. The number of phenolic OH excluding ortho intramolecular Hbond substituents is 1. The number of ether oxygens (including phenoxy) is 1. The zero-order chi connectivity index (χ0) is 20.6. The lowest BCUT2D eigenvalue weighted by Crippen LogP contribution is -2.15. The molecule has 1 unspecified atom stereocenters. The Balaban J connectivity index is 2.28. The first kappa shape index (κ1) is 9.18. The van der Waals surface area contributed by atoms with Gasteiger partial charge in [0.1, 0.15) is 17.6 Å². The molecular formula is C18H19NO2S. The van der Waals surface area contributed by atoms with E-state index in [1.807, 2.05) is 17.5 Å². The van der Waals surface area contributed by atoms with Crippen LogP contribution in [0.25, 0.3) is 10.8 Å². The van der Waals surface area contributed by atoms with Gasteiger partial charge in [-0.3, -0.25) is 0 Å². The quantitative estimate of drug-likeness (QED) is 0.710. The van der Waals surface area contributed by atoms with E-state index in [2.05, 4.69) is 5.32 Å². The van der Waals surface area contributed by atoms with Gasteiger partial charge in [-0.1, -0.05) is 30.2 Å². The van der Waals surface area contributed by atoms with Crippen LogP contribution in [0, 0.1) is 0 Å². The van der Waals surface area contributed by atoms with Crippen molar-refractivity contribution in [3.05, 3.63) is 58.6 Å². The highest BCUT2D eigenvalue weighted by Gasteiger charge is 2.16. The molecule has 0 spiro atoms. The standard InChI is InChI=1S/C18H19NO2S/c1-19-11-10-17(18-7-4-12-22-18)21-16-9-8-15(20)13-5-2-3-6-14(13)16/h2-9,12,17,19-20H,10-11H2,1H3/i2D,3D,5D,6D,8D,9D. The van der Waals surface area contributed by atoms with E-state index in [9.17, 15) is 5.11 Å². The molecule has 0 aliphatic rings. The van der Waals surface area contributed by atoms with Crippen LogP contribution in [0.2, 0.25) is 0 Å². The molecule has 3 rings (SSSR count). The summed E-state index contributed by atoms with van der Waals surface area (Å²) in [4.78, 5) is 0.892. The van der Waals surface area contributed by atoms with Gasteiger partial charge in [-0.25, -0.2) is 0 Å². The van der Waals surface area contributed by atoms with Crippen LogP contribution in [0.4, 0.5) is 0 Å². The Kier molecular flexibility index (Phi) is 2.84. The minimum Gasteiger partial charge on any atom is -0.507 e. The van der Waals surface area contributed by atoms with Gasteiger partial charge in [0, 0.05) is 22.1 Å². The van der Waals surface area contributed by atoms with Crippen molar-refractivity contribution in [2.45, 2.75) is 12.5 Å². The maximum atomic E-state index is 10.3. The lowest BCUT2D eigenvalue weighted by Gasteiger charge is -2.19. The Morgan fingerprint density at radius 3 is 2.82 bits per heavy atom. The second kappa shape index (κ2) is 6.81. The van der Waals surface area contributed by atoms with Crippen LogP contribution in [-0.4, -0.2) is 18.7 Å². The molecule has 0 fully saturated rings. The number of hydrogen-bond acceptors (Lipinski definition) is 4. The van der Waals surface area contributed by atoms with Crippen LogP contribution in [-0.2, 0) is 0 Å². The number of fused-ring (bicyclic) bond motifs is 1. The molecule has 0 saturated heterocycles. The van der Waals surface area contributed by atoms with Crippen molar-refractivity contribution in [2.24, 2.45) is 0 Å². The minimum atomic E-state index is -0.651. The summed E-state index contributed by atoms with van der Waals surface area (Å²) < 4.78 is 54.5. The van der Waals surface area contributed by atoms with Crippen LogP contribution in [0.3, 0.4) is 0 Å². The first-order valence-corrected chi connectivity index (χ1v) is 7.74. The molecule has 114 valence electrons. The van der Waals surface area contributed by atoms with E-state index in [0.29, 0.717) is 13.0 Å². The summed E-state index contributed by atoms with van der Waals surface area (Å²) in [5.41, 5.74) is 0. The number of thiophene rings is 1. The van der Waals surface area contributed by atoms with Crippen molar-refractivity contribution in [3.63, 3.8) is 0 Å². The first-order valence-electron chi connectivity index (χ1n) is 9.86. The normalized spacial score (nSPS) is 16.2. The van der Waals surface area contributed by atoms with E-state index in [0.717, 1.165) is 4.88 Å². The van der Waals surface area contributed by atoms with Gasteiger partial charge in [-0.15, -0.1) is 11.3 Å². The van der Waals surface area contributed by atoms with E-state index >= 15 is 0 Å². The average molecular weight is 319 g/mol. The lowest BCUT2D eigenvalue weighted by molar-refractivity contribution is 0.201. The van der Waals surface area contributed by atoms with E-state index in [1.54, 1.807) is 7.05 Å². The van der Waals surface area contributed by atoms with Crippen LogP contribution in [0.15, 0.2) is 53.8 Å². The van der Waals surface area contributed by atoms with Gasteiger partial charge in [0.25, 0.3) is 0 Å². The Labute approximate surface area is 142 Å². The van der Waals surface area contributed by atoms with E-state index in [1.165, 1.54) is 11.3 Å². The maximum absolute atomic E-state index is 10.3. The molecule has 1 heterocycles. The summed E-state index contributed by atoms with van der Waals surface area (Å²) in [6.07, 6.45) is 0.0828. The fraction of sp³-hybridized carbons (Fsp3) is 0.222. The molecule has 4 heteroatoms. The predicted octanol–water partition coefficient (Wildman–Crippen LogP) is 4.34. The highest BCUT2D eigenvalue weighted by atomic mass is 32.1. The van der Waals surface area contributed by atoms with Gasteiger partial charge in [-0.05, 0) is 37.1 Å². The Morgan fingerprint density at radius 2 is 2.09 bits per heavy atom. The van der Waals surface area contributed by atoms with Gasteiger partial charge in [-0.2, -0.15) is 0 Å². The van der Waals surface area contributed by atoms with Crippen LogP contribution in [0.5, 0.6) is 11.5 Å². The SMILES string of the molecule is [2H]c1c([2H])c([2H])c2c(OC(CCNC)c3cccs3)c([2H])c([2H])c(O)c2c1[2H]. The van der Waals surface area contributed by atoms with E-state index in [-0.39, 0.29) is 16.5 Å². The Morgan fingerprint density at radius 1 is 1.27 bits per heavy atom. The number of hydrogen-bond donors (Lipinski definition) is 2. The van der Waals surface area contributed by atoms with Crippen molar-refractivity contribution in [1.82, 2.24) is 5.32 Å². The molecule has 1 aromatic heterocycles. The maximum Gasteiger partial charge on any atom is 0.134 e. The van der Waals surface area contributed by atoms with Crippen molar-refractivity contribution in [3.8, 4) is 11.5 Å². The summed E-state index contributed by atoms with van der Waals surface area (Å²) in [6.45, 7) is 0.623. The molecule has 3 nitrogen and oxygen atoms in total. The molecule has 0 amide bonds. The number of benzene rings is 2. The predicted molar refractivity (Wildman–Crippen MR) is 91.8 cm³/mol. The summed E-state index contributed by atoms with van der Waals surface area (Å²) in [7, 11) is 1.80. The van der Waals surface area contributed by atoms with Crippen molar-refractivity contribution in [1.29, 1.82) is 0 Å². The molecule has 0 radical (unpaired) electrons. The molecule has 0 aliphatic heterocycles. The number of aromatic hydroxyl groups is 1. The highest BCUT2D eigenvalue weighted by molar-refractivity contribution is 7.10. The first-order chi connectivity index (χ1) is 13.3. The largest absolute Gasteiger partial charge is 0.507 e. The van der Waals surface area contributed by atoms with Crippen molar-refractivity contribution >= 4 is 22.1 Å². The fourth-order valence-corrected chi connectivity index (χ4v) is 2.93. The third-order valence-corrected chi connectivity index (χ3v) is 4.19. The minimum absolute atomic E-state index is 0.0875. The number of phenols is 1. The molecule has 1 atom stereocenters. The second-order valence-electron chi connectivity index (χ2n) is 4.69. The van der Waals surface area contributed by atoms with Crippen LogP contribution >= 0.6 is 11.3 Å². The average Bonchev–Trinajstić information content (AvgIpc) is 3.22. The molecule has 0 saturated carbocycles. The van der Waals surface area contributed by atoms with Gasteiger partial charge in [0.05, 0.1) is 8.22 Å². The summed E-state index contributed by atoms with van der Waals surface area (Å²) in [5, 5.41) is 15.0. The molecule has 2 N–H and O–H groups in total. The Bertz CT molecular complexity index is 1020. The zero-order valence-electron chi connectivity index (χ0n) is 18.0. The van der Waals surface area contributed by atoms with E-state index in [4.69, 9.17) is 13.0 Å². The number of rotatable bonds is 6. The smallest absolute Gasteiger partial charge is 0.134 e. The molecule has 0 aliphatic carbocycles. The van der Waals surface area contributed by atoms with Crippen molar-refractivity contribution in [2.75, 3.05) is 13.6 Å². The van der Waals surface area contributed by atoms with Gasteiger partial charge in [0.15, 0.2) is 0 Å². The molecule has 3 aromatic rings. The fourth-order valence-electron chi connectivity index (χ4n) is 2.14. The topological polar surface area (TPSA) is 41.5 Å². The summed E-state index contributed by atoms with van der Waals surface area (Å²) >= 11 is 1.47. The lowest BCUT2D eigenvalue weighted by atomic mass is 10.1. The third-order valence-electron chi connectivity index (χ3n) is 3.22.